The number of rotatable bonds is 5. The van der Waals surface area contributed by atoms with Gasteiger partial charge in [0.15, 0.2) is 0 Å². The Morgan fingerprint density at radius 2 is 1.70 bits per heavy atom. The second-order valence-corrected chi connectivity index (χ2v) is 5.37. The van der Waals surface area contributed by atoms with Crippen molar-refractivity contribution in [1.82, 2.24) is 4.90 Å². The first-order valence-corrected chi connectivity index (χ1v) is 7.09. The summed E-state index contributed by atoms with van der Waals surface area (Å²) in [4.78, 5) is 12.4. The number of benzene rings is 1. The van der Waals surface area contributed by atoms with Gasteiger partial charge >= 0.3 is 11.8 Å². The molecule has 1 aliphatic heterocycles. The van der Waals surface area contributed by atoms with E-state index in [0.717, 1.165) is 12.1 Å². The van der Waals surface area contributed by atoms with Crippen molar-refractivity contribution in [1.29, 1.82) is 0 Å². The van der Waals surface area contributed by atoms with Crippen molar-refractivity contribution >= 4 is 5.91 Å². The van der Waals surface area contributed by atoms with E-state index in [2.05, 4.69) is 0 Å². The molecule has 0 aromatic heterocycles. The number of hydrogen-bond acceptors (Lipinski definition) is 3. The number of hydrogen-bond donors (Lipinski definition) is 1. The van der Waals surface area contributed by atoms with Crippen LogP contribution in [-0.2, 0) is 4.79 Å². The zero-order chi connectivity index (χ0) is 17.3. The molecule has 1 fully saturated rings. The molecule has 1 amide bonds. The van der Waals surface area contributed by atoms with Gasteiger partial charge in [-0.05, 0) is 30.5 Å². The summed E-state index contributed by atoms with van der Waals surface area (Å²) in [6.07, 6.45) is -1.82. The third-order valence-corrected chi connectivity index (χ3v) is 3.86. The number of ether oxygens (including phenoxy) is 1. The molecule has 0 aliphatic carbocycles. The molecule has 1 aromatic rings. The van der Waals surface area contributed by atoms with Crippen LogP contribution in [0.15, 0.2) is 24.3 Å². The Labute approximate surface area is 130 Å². The van der Waals surface area contributed by atoms with E-state index in [-0.39, 0.29) is 13.1 Å². The van der Waals surface area contributed by atoms with Crippen LogP contribution in [0, 0.1) is 0 Å². The summed E-state index contributed by atoms with van der Waals surface area (Å²) < 4.78 is 61.0. The van der Waals surface area contributed by atoms with Crippen molar-refractivity contribution in [2.45, 2.75) is 30.8 Å². The lowest BCUT2D eigenvalue weighted by molar-refractivity contribution is -0.252. The first-order chi connectivity index (χ1) is 10.7. The summed E-state index contributed by atoms with van der Waals surface area (Å²) in [6, 6.07) is 4.62. The predicted molar refractivity (Wildman–Crippen MR) is 73.7 cm³/mol. The lowest BCUT2D eigenvalue weighted by atomic mass is 9.97. The van der Waals surface area contributed by atoms with Crippen LogP contribution in [0.25, 0.3) is 0 Å². The van der Waals surface area contributed by atoms with E-state index in [1.165, 1.54) is 19.2 Å². The van der Waals surface area contributed by atoms with Crippen molar-refractivity contribution in [3.05, 3.63) is 29.8 Å². The fourth-order valence-electron chi connectivity index (χ4n) is 2.43. The third kappa shape index (κ3) is 3.12. The van der Waals surface area contributed by atoms with Crippen molar-refractivity contribution in [2.24, 2.45) is 0 Å². The molecule has 1 aliphatic rings. The lowest BCUT2D eigenvalue weighted by Crippen LogP contribution is -2.55. The highest BCUT2D eigenvalue weighted by molar-refractivity contribution is 5.85. The molecule has 8 heteroatoms. The number of aliphatic hydroxyl groups is 1. The van der Waals surface area contributed by atoms with E-state index in [4.69, 9.17) is 4.74 Å². The molecule has 0 spiro atoms. The lowest BCUT2D eigenvalue weighted by Gasteiger charge is -2.32. The smallest absolute Gasteiger partial charge is 0.389 e. The summed E-state index contributed by atoms with van der Waals surface area (Å²) in [5.74, 6) is -11.5. The van der Waals surface area contributed by atoms with Gasteiger partial charge in [0.25, 0.3) is 5.91 Å². The minimum absolute atomic E-state index is 0.0170. The van der Waals surface area contributed by atoms with Gasteiger partial charge in [-0.2, -0.15) is 17.6 Å². The first kappa shape index (κ1) is 17.5. The highest BCUT2D eigenvalue weighted by Crippen LogP contribution is 2.45. The number of carbonyl (C=O) groups excluding carboxylic acids is 1. The van der Waals surface area contributed by atoms with Crippen LogP contribution in [0.5, 0.6) is 5.75 Å². The standard InChI is InChI=1S/C15H17F4NO3/c1-23-11-6-4-10(5-7-11)12(21)14(16,17)15(18,19)13(22)20-8-2-3-9-20/h4-7,12,21H,2-3,8-9H2,1H3. The number of carbonyl (C=O) groups is 1. The van der Waals surface area contributed by atoms with Gasteiger partial charge in [-0.3, -0.25) is 4.79 Å². The van der Waals surface area contributed by atoms with Gasteiger partial charge in [-0.1, -0.05) is 12.1 Å². The SMILES string of the molecule is COc1ccc(C(O)C(F)(F)C(F)(F)C(=O)N2CCCC2)cc1. The average Bonchev–Trinajstić information content (AvgIpc) is 3.07. The maximum Gasteiger partial charge on any atom is 0.389 e. The molecule has 23 heavy (non-hydrogen) atoms. The van der Waals surface area contributed by atoms with Gasteiger partial charge in [-0.25, -0.2) is 0 Å². The van der Waals surface area contributed by atoms with Crippen LogP contribution in [0.4, 0.5) is 17.6 Å². The number of likely N-dealkylation sites (tertiary alicyclic amines) is 1. The highest BCUT2D eigenvalue weighted by atomic mass is 19.3. The first-order valence-electron chi connectivity index (χ1n) is 7.09. The average molecular weight is 335 g/mol. The summed E-state index contributed by atoms with van der Waals surface area (Å²) in [5, 5.41) is 9.70. The molecule has 128 valence electrons. The van der Waals surface area contributed by atoms with Gasteiger partial charge in [-0.15, -0.1) is 0 Å². The Hall–Kier alpha value is -1.83. The van der Waals surface area contributed by atoms with Crippen LogP contribution < -0.4 is 4.74 Å². The van der Waals surface area contributed by atoms with Crippen molar-refractivity contribution in [3.8, 4) is 5.75 Å². The molecular formula is C15H17F4NO3. The van der Waals surface area contributed by atoms with Gasteiger partial charge in [0.2, 0.25) is 0 Å². The Morgan fingerprint density at radius 3 is 2.17 bits per heavy atom. The summed E-state index contributed by atoms with van der Waals surface area (Å²) in [6.45, 7) is 0.0340. The van der Waals surface area contributed by atoms with Crippen LogP contribution in [0.1, 0.15) is 24.5 Å². The zero-order valence-corrected chi connectivity index (χ0v) is 12.4. The maximum atomic E-state index is 14.1. The number of alkyl halides is 4. The molecule has 1 saturated heterocycles. The molecular weight excluding hydrogens is 318 g/mol. The normalized spacial score (nSPS) is 17.2. The molecule has 1 heterocycles. The largest absolute Gasteiger partial charge is 0.497 e. The second kappa shape index (κ2) is 6.35. The quantitative estimate of drug-likeness (QED) is 0.842. The Kier molecular flexibility index (Phi) is 4.84. The number of halogens is 4. The summed E-state index contributed by atoms with van der Waals surface area (Å²) in [5.41, 5.74) is -0.426. The van der Waals surface area contributed by atoms with Crippen LogP contribution in [-0.4, -0.2) is 48.0 Å². The summed E-state index contributed by atoms with van der Waals surface area (Å²) in [7, 11) is 1.35. The van der Waals surface area contributed by atoms with Crippen LogP contribution in [0.3, 0.4) is 0 Å². The molecule has 4 nitrogen and oxygen atoms in total. The molecule has 1 N–H and O–H groups in total. The minimum atomic E-state index is -4.99. The molecule has 0 saturated carbocycles. The number of methoxy groups -OCH3 is 1. The third-order valence-electron chi connectivity index (χ3n) is 3.86. The molecule has 0 bridgehead atoms. The van der Waals surface area contributed by atoms with E-state index in [1.54, 1.807) is 0 Å². The maximum absolute atomic E-state index is 14.1. The Morgan fingerprint density at radius 1 is 1.17 bits per heavy atom. The number of amides is 1. The topological polar surface area (TPSA) is 49.8 Å². The Balaban J connectivity index is 2.24. The zero-order valence-electron chi connectivity index (χ0n) is 12.4. The van der Waals surface area contributed by atoms with Crippen LogP contribution >= 0.6 is 0 Å². The fraction of sp³-hybridized carbons (Fsp3) is 0.533. The summed E-state index contributed by atoms with van der Waals surface area (Å²) >= 11 is 0. The van der Waals surface area contributed by atoms with E-state index >= 15 is 0 Å². The van der Waals surface area contributed by atoms with Gasteiger partial charge in [0, 0.05) is 13.1 Å². The van der Waals surface area contributed by atoms with E-state index in [0.29, 0.717) is 23.5 Å². The number of aliphatic hydroxyl groups excluding tert-OH is 1. The van der Waals surface area contributed by atoms with Crippen molar-refractivity contribution < 1.29 is 32.2 Å². The molecule has 1 atom stereocenters. The van der Waals surface area contributed by atoms with E-state index in [9.17, 15) is 27.5 Å². The van der Waals surface area contributed by atoms with Gasteiger partial charge < -0.3 is 14.7 Å². The molecule has 2 rings (SSSR count). The van der Waals surface area contributed by atoms with E-state index in [1.807, 2.05) is 0 Å². The van der Waals surface area contributed by atoms with E-state index < -0.39 is 29.4 Å². The van der Waals surface area contributed by atoms with Crippen molar-refractivity contribution in [2.75, 3.05) is 20.2 Å². The molecule has 1 aromatic carbocycles. The number of nitrogens with zero attached hydrogens (tertiary/aromatic N) is 1. The van der Waals surface area contributed by atoms with Crippen molar-refractivity contribution in [3.63, 3.8) is 0 Å². The fourth-order valence-corrected chi connectivity index (χ4v) is 2.43. The minimum Gasteiger partial charge on any atom is -0.497 e. The second-order valence-electron chi connectivity index (χ2n) is 5.37. The van der Waals surface area contributed by atoms with Crippen LogP contribution in [0.2, 0.25) is 0 Å². The Bertz CT molecular complexity index is 556. The molecule has 0 radical (unpaired) electrons. The monoisotopic (exact) mass is 335 g/mol. The van der Waals surface area contributed by atoms with Gasteiger partial charge in [0.1, 0.15) is 11.9 Å². The predicted octanol–water partition coefficient (Wildman–Crippen LogP) is 2.62. The highest BCUT2D eigenvalue weighted by Gasteiger charge is 2.67. The molecule has 1 unspecified atom stereocenters. The van der Waals surface area contributed by atoms with Gasteiger partial charge in [0.05, 0.1) is 7.11 Å².